The number of pyridine rings is 1. The summed E-state index contributed by atoms with van der Waals surface area (Å²) >= 11 is 0. The maximum absolute atomic E-state index is 12.6. The van der Waals surface area contributed by atoms with Gasteiger partial charge in [-0.15, -0.1) is 0 Å². The molecule has 162 valence electrons. The molecular weight excluding hydrogens is 392 g/mol. The van der Waals surface area contributed by atoms with Crippen molar-refractivity contribution in [1.82, 2.24) is 19.7 Å². The number of aryl methyl sites for hydroxylation is 1. The van der Waals surface area contributed by atoms with Crippen LogP contribution in [0.15, 0.2) is 36.5 Å². The van der Waals surface area contributed by atoms with Crippen LogP contribution in [-0.2, 0) is 16.7 Å². The van der Waals surface area contributed by atoms with E-state index >= 15 is 0 Å². The molecule has 2 aliphatic rings. The summed E-state index contributed by atoms with van der Waals surface area (Å²) in [5.74, 6) is 0.811. The van der Waals surface area contributed by atoms with Gasteiger partial charge >= 0.3 is 6.09 Å². The molecule has 4 heterocycles. The van der Waals surface area contributed by atoms with Crippen LogP contribution in [0.25, 0.3) is 22.2 Å². The lowest BCUT2D eigenvalue weighted by Crippen LogP contribution is -2.37. The second kappa shape index (κ2) is 6.97. The van der Waals surface area contributed by atoms with Crippen molar-refractivity contribution in [2.75, 3.05) is 20.2 Å². The predicted octanol–water partition coefficient (Wildman–Crippen LogP) is 4.39. The molecule has 0 aliphatic carbocycles. The van der Waals surface area contributed by atoms with Crippen LogP contribution < -0.4 is 4.74 Å². The Balaban J connectivity index is 1.42. The van der Waals surface area contributed by atoms with Gasteiger partial charge in [-0.1, -0.05) is 0 Å². The second-order valence-corrected chi connectivity index (χ2v) is 9.60. The Morgan fingerprint density at radius 1 is 1.13 bits per heavy atom. The minimum Gasteiger partial charge on any atom is -0.497 e. The molecule has 0 saturated carbocycles. The van der Waals surface area contributed by atoms with Gasteiger partial charge < -0.3 is 14.4 Å². The summed E-state index contributed by atoms with van der Waals surface area (Å²) in [5, 5.41) is 5.89. The lowest BCUT2D eigenvalue weighted by molar-refractivity contribution is 0.0284. The number of hydrogen-bond donors (Lipinski definition) is 0. The third kappa shape index (κ3) is 3.52. The summed E-state index contributed by atoms with van der Waals surface area (Å²) in [6.45, 7) is 7.97. The molecule has 5 rings (SSSR count). The molecule has 1 saturated heterocycles. The Morgan fingerprint density at radius 3 is 2.71 bits per heavy atom. The van der Waals surface area contributed by atoms with Crippen LogP contribution in [0, 0.1) is 0 Å². The molecule has 0 radical (unpaired) electrons. The first-order chi connectivity index (χ1) is 14.8. The molecule has 0 unspecified atom stereocenters. The summed E-state index contributed by atoms with van der Waals surface area (Å²) < 4.78 is 13.0. The third-order valence-electron chi connectivity index (χ3n) is 6.32. The zero-order chi connectivity index (χ0) is 21.8. The average Bonchev–Trinajstić information content (AvgIpc) is 3.43. The standard InChI is InChI=1S/C24H28N4O3/c1-23(2,3)31-22(29)27-9-7-24(15-27)8-10-28-21(24)13-20(26-28)17-11-16-12-18(30-4)5-6-19(16)25-14-17/h5-6,11-14H,7-10,15H2,1-4H3/t24-/m0/s1. The molecule has 1 aromatic carbocycles. The maximum Gasteiger partial charge on any atom is 0.410 e. The van der Waals surface area contributed by atoms with E-state index in [0.717, 1.165) is 47.3 Å². The highest BCUT2D eigenvalue weighted by molar-refractivity contribution is 5.84. The van der Waals surface area contributed by atoms with E-state index in [0.29, 0.717) is 13.1 Å². The summed E-state index contributed by atoms with van der Waals surface area (Å²) in [4.78, 5) is 19.0. The van der Waals surface area contributed by atoms with Gasteiger partial charge in [-0.2, -0.15) is 5.10 Å². The summed E-state index contributed by atoms with van der Waals surface area (Å²) in [7, 11) is 1.67. The topological polar surface area (TPSA) is 69.5 Å². The highest BCUT2D eigenvalue weighted by Gasteiger charge is 2.47. The van der Waals surface area contributed by atoms with E-state index in [1.54, 1.807) is 7.11 Å². The normalized spacial score (nSPS) is 20.5. The Kier molecular flexibility index (Phi) is 4.46. The Bertz CT molecular complexity index is 1160. The Labute approximate surface area is 182 Å². The number of benzene rings is 1. The number of ether oxygens (including phenoxy) is 2. The second-order valence-electron chi connectivity index (χ2n) is 9.60. The molecule has 7 heteroatoms. The van der Waals surface area contributed by atoms with E-state index in [-0.39, 0.29) is 11.5 Å². The number of aromatic nitrogens is 3. The fourth-order valence-electron chi connectivity index (χ4n) is 4.75. The van der Waals surface area contributed by atoms with Crippen molar-refractivity contribution in [3.05, 3.63) is 42.2 Å². The van der Waals surface area contributed by atoms with Gasteiger partial charge in [-0.25, -0.2) is 4.79 Å². The van der Waals surface area contributed by atoms with Gasteiger partial charge in [-0.05, 0) is 63.9 Å². The number of methoxy groups -OCH3 is 1. The molecule has 0 bridgehead atoms. The lowest BCUT2D eigenvalue weighted by Gasteiger charge is -2.26. The molecule has 7 nitrogen and oxygen atoms in total. The number of nitrogens with zero attached hydrogens (tertiary/aromatic N) is 4. The smallest absolute Gasteiger partial charge is 0.410 e. The molecule has 1 spiro atoms. The highest BCUT2D eigenvalue weighted by atomic mass is 16.6. The fraction of sp³-hybridized carbons (Fsp3) is 0.458. The van der Waals surface area contributed by atoms with E-state index in [4.69, 9.17) is 14.6 Å². The maximum atomic E-state index is 12.6. The molecule has 0 N–H and O–H groups in total. The number of hydrogen-bond acceptors (Lipinski definition) is 5. The van der Waals surface area contributed by atoms with Gasteiger partial charge in [0.15, 0.2) is 0 Å². The van der Waals surface area contributed by atoms with Gasteiger partial charge in [-0.3, -0.25) is 9.67 Å². The number of rotatable bonds is 2. The number of likely N-dealkylation sites (tertiary alicyclic amines) is 1. The van der Waals surface area contributed by atoms with E-state index in [1.807, 2.05) is 50.1 Å². The summed E-state index contributed by atoms with van der Waals surface area (Å²) in [6.07, 6.45) is 3.59. The van der Waals surface area contributed by atoms with Gasteiger partial charge in [0.25, 0.3) is 0 Å². The monoisotopic (exact) mass is 420 g/mol. The first kappa shape index (κ1) is 19.8. The van der Waals surface area contributed by atoms with Crippen LogP contribution in [-0.4, -0.2) is 51.6 Å². The van der Waals surface area contributed by atoms with Crippen LogP contribution in [0.5, 0.6) is 5.75 Å². The molecular formula is C24H28N4O3. The highest BCUT2D eigenvalue weighted by Crippen LogP contribution is 2.44. The molecule has 1 fully saturated rings. The van der Waals surface area contributed by atoms with Crippen molar-refractivity contribution in [1.29, 1.82) is 0 Å². The molecule has 2 aromatic heterocycles. The van der Waals surface area contributed by atoms with Crippen LogP contribution >= 0.6 is 0 Å². The Hall–Kier alpha value is -3.09. The van der Waals surface area contributed by atoms with Crippen molar-refractivity contribution in [3.63, 3.8) is 0 Å². The molecule has 1 amide bonds. The van der Waals surface area contributed by atoms with Gasteiger partial charge in [0.05, 0.1) is 18.3 Å². The fourth-order valence-corrected chi connectivity index (χ4v) is 4.75. The lowest BCUT2D eigenvalue weighted by atomic mass is 9.82. The minimum absolute atomic E-state index is 0.0460. The largest absolute Gasteiger partial charge is 0.497 e. The molecule has 31 heavy (non-hydrogen) atoms. The van der Waals surface area contributed by atoms with Crippen LogP contribution in [0.2, 0.25) is 0 Å². The van der Waals surface area contributed by atoms with E-state index in [2.05, 4.69) is 21.8 Å². The van der Waals surface area contributed by atoms with Gasteiger partial charge in [0, 0.05) is 47.9 Å². The Morgan fingerprint density at radius 2 is 1.94 bits per heavy atom. The summed E-state index contributed by atoms with van der Waals surface area (Å²) in [6, 6.07) is 10.2. The molecule has 2 aliphatic heterocycles. The van der Waals surface area contributed by atoms with Gasteiger partial charge in [0.1, 0.15) is 11.4 Å². The van der Waals surface area contributed by atoms with Crippen molar-refractivity contribution < 1.29 is 14.3 Å². The van der Waals surface area contributed by atoms with Crippen molar-refractivity contribution in [3.8, 4) is 17.0 Å². The average molecular weight is 421 g/mol. The summed E-state index contributed by atoms with van der Waals surface area (Å²) in [5.41, 5.74) is 3.51. The first-order valence-corrected chi connectivity index (χ1v) is 10.8. The van der Waals surface area contributed by atoms with Crippen molar-refractivity contribution in [2.24, 2.45) is 0 Å². The third-order valence-corrected chi connectivity index (χ3v) is 6.32. The van der Waals surface area contributed by atoms with E-state index < -0.39 is 5.60 Å². The zero-order valence-corrected chi connectivity index (χ0v) is 18.5. The SMILES string of the molecule is COc1ccc2ncc(-c3cc4n(n3)CC[C@]43CCN(C(=O)OC(C)(C)C)C3)cc2c1. The van der Waals surface area contributed by atoms with Crippen LogP contribution in [0.3, 0.4) is 0 Å². The van der Waals surface area contributed by atoms with Crippen LogP contribution in [0.4, 0.5) is 4.79 Å². The minimum atomic E-state index is -0.483. The number of carbonyl (C=O) groups excluding carboxylic acids is 1. The zero-order valence-electron chi connectivity index (χ0n) is 18.5. The first-order valence-electron chi connectivity index (χ1n) is 10.8. The number of amides is 1. The number of fused-ring (bicyclic) bond motifs is 3. The number of carbonyl (C=O) groups is 1. The van der Waals surface area contributed by atoms with Crippen molar-refractivity contribution >= 4 is 17.0 Å². The van der Waals surface area contributed by atoms with Crippen molar-refractivity contribution in [2.45, 2.75) is 51.2 Å². The quantitative estimate of drug-likeness (QED) is 0.615. The predicted molar refractivity (Wildman–Crippen MR) is 118 cm³/mol. The van der Waals surface area contributed by atoms with Gasteiger partial charge in [0.2, 0.25) is 0 Å². The van der Waals surface area contributed by atoms with E-state index in [9.17, 15) is 4.79 Å². The molecule has 1 atom stereocenters. The molecule has 3 aromatic rings. The van der Waals surface area contributed by atoms with Crippen LogP contribution in [0.1, 0.15) is 39.3 Å². The van der Waals surface area contributed by atoms with E-state index in [1.165, 1.54) is 5.69 Å².